The van der Waals surface area contributed by atoms with E-state index < -0.39 is 0 Å². The van der Waals surface area contributed by atoms with Crippen LogP contribution in [0.25, 0.3) is 0 Å². The number of nitrogens with one attached hydrogen (secondary N) is 2. The lowest BCUT2D eigenvalue weighted by Crippen LogP contribution is -2.46. The highest BCUT2D eigenvalue weighted by Gasteiger charge is 2.19. The van der Waals surface area contributed by atoms with Crippen molar-refractivity contribution in [2.45, 2.75) is 65.0 Å². The monoisotopic (exact) mass is 212 g/mol. The highest BCUT2D eigenvalue weighted by atomic mass is 16.2. The number of carbonyl (C=O) groups is 1. The molecule has 3 heteroatoms. The van der Waals surface area contributed by atoms with Gasteiger partial charge in [-0.1, -0.05) is 13.8 Å². The molecule has 1 unspecified atom stereocenters. The van der Waals surface area contributed by atoms with Gasteiger partial charge in [0.25, 0.3) is 0 Å². The normalized spacial score (nSPS) is 28.2. The van der Waals surface area contributed by atoms with Crippen LogP contribution < -0.4 is 10.6 Å². The van der Waals surface area contributed by atoms with Gasteiger partial charge >= 0.3 is 6.03 Å². The van der Waals surface area contributed by atoms with Crippen LogP contribution in [0.15, 0.2) is 0 Å². The van der Waals surface area contributed by atoms with E-state index in [1.54, 1.807) is 0 Å². The van der Waals surface area contributed by atoms with Crippen LogP contribution in [0, 0.1) is 5.92 Å². The molecular formula is C12H24N2O. The number of hydrogen-bond donors (Lipinski definition) is 2. The van der Waals surface area contributed by atoms with E-state index in [-0.39, 0.29) is 12.1 Å². The van der Waals surface area contributed by atoms with E-state index >= 15 is 0 Å². The second-order valence-corrected chi connectivity index (χ2v) is 4.88. The number of rotatable bonds is 3. The summed E-state index contributed by atoms with van der Waals surface area (Å²) in [5.74, 6) is 0.834. The summed E-state index contributed by atoms with van der Waals surface area (Å²) in [7, 11) is 0. The zero-order valence-corrected chi connectivity index (χ0v) is 10.2. The predicted molar refractivity (Wildman–Crippen MR) is 62.8 cm³/mol. The van der Waals surface area contributed by atoms with Crippen LogP contribution in [0.3, 0.4) is 0 Å². The third-order valence-corrected chi connectivity index (χ3v) is 3.34. The quantitative estimate of drug-likeness (QED) is 0.742. The van der Waals surface area contributed by atoms with Crippen molar-refractivity contribution in [1.82, 2.24) is 10.6 Å². The average molecular weight is 212 g/mol. The molecule has 0 heterocycles. The Labute approximate surface area is 93.0 Å². The van der Waals surface area contributed by atoms with Gasteiger partial charge in [0.2, 0.25) is 0 Å². The van der Waals surface area contributed by atoms with Crippen molar-refractivity contribution >= 4 is 6.03 Å². The summed E-state index contributed by atoms with van der Waals surface area (Å²) in [5.41, 5.74) is 0. The lowest BCUT2D eigenvalue weighted by molar-refractivity contribution is 0.225. The van der Waals surface area contributed by atoms with Crippen LogP contribution in [0.5, 0.6) is 0 Å². The molecule has 1 atom stereocenters. The van der Waals surface area contributed by atoms with Crippen molar-refractivity contribution in [2.24, 2.45) is 5.92 Å². The molecule has 0 aromatic carbocycles. The lowest BCUT2D eigenvalue weighted by Gasteiger charge is -2.27. The highest BCUT2D eigenvalue weighted by molar-refractivity contribution is 5.74. The summed E-state index contributed by atoms with van der Waals surface area (Å²) in [6.07, 6.45) is 5.74. The van der Waals surface area contributed by atoms with Crippen molar-refractivity contribution in [3.8, 4) is 0 Å². The van der Waals surface area contributed by atoms with E-state index in [9.17, 15) is 4.79 Å². The molecule has 0 bridgehead atoms. The van der Waals surface area contributed by atoms with Crippen LogP contribution in [-0.4, -0.2) is 18.1 Å². The van der Waals surface area contributed by atoms with Gasteiger partial charge in [-0.2, -0.15) is 0 Å². The molecule has 1 fully saturated rings. The van der Waals surface area contributed by atoms with Gasteiger partial charge in [-0.25, -0.2) is 4.79 Å². The van der Waals surface area contributed by atoms with E-state index in [0.29, 0.717) is 6.04 Å². The third kappa shape index (κ3) is 4.54. The Hall–Kier alpha value is -0.730. The number of hydrogen-bond acceptors (Lipinski definition) is 1. The fraction of sp³-hybridized carbons (Fsp3) is 0.917. The van der Waals surface area contributed by atoms with E-state index in [2.05, 4.69) is 24.5 Å². The van der Waals surface area contributed by atoms with Gasteiger partial charge in [0.15, 0.2) is 0 Å². The highest BCUT2D eigenvalue weighted by Crippen LogP contribution is 2.23. The van der Waals surface area contributed by atoms with E-state index in [4.69, 9.17) is 0 Å². The number of urea groups is 1. The standard InChI is InChI=1S/C12H24N2O/c1-4-10(3)13-12(15)14-11-7-5-9(2)6-8-11/h9-11H,4-8H2,1-3H3,(H2,13,14,15). The van der Waals surface area contributed by atoms with Gasteiger partial charge in [0.1, 0.15) is 0 Å². The first-order valence-corrected chi connectivity index (χ1v) is 6.18. The van der Waals surface area contributed by atoms with E-state index in [0.717, 1.165) is 25.2 Å². The molecule has 1 saturated carbocycles. The van der Waals surface area contributed by atoms with E-state index in [1.807, 2.05) is 6.92 Å². The van der Waals surface area contributed by atoms with Crippen LogP contribution >= 0.6 is 0 Å². The molecule has 1 rings (SSSR count). The maximum Gasteiger partial charge on any atom is 0.315 e. The van der Waals surface area contributed by atoms with Gasteiger partial charge in [0, 0.05) is 12.1 Å². The first-order chi connectivity index (χ1) is 7.11. The fourth-order valence-corrected chi connectivity index (χ4v) is 1.96. The Balaban J connectivity index is 2.20. The Kier molecular flexibility index (Phi) is 4.92. The van der Waals surface area contributed by atoms with Crippen molar-refractivity contribution in [3.05, 3.63) is 0 Å². The summed E-state index contributed by atoms with van der Waals surface area (Å²) in [6.45, 7) is 6.39. The Morgan fingerprint density at radius 3 is 2.47 bits per heavy atom. The van der Waals surface area contributed by atoms with Gasteiger partial charge in [0.05, 0.1) is 0 Å². The molecule has 0 aromatic rings. The SMILES string of the molecule is CCC(C)NC(=O)NC1CCC(C)CC1. The molecule has 2 N–H and O–H groups in total. The number of amides is 2. The maximum absolute atomic E-state index is 11.5. The molecule has 0 aromatic heterocycles. The molecule has 1 aliphatic carbocycles. The molecule has 0 aliphatic heterocycles. The molecular weight excluding hydrogens is 188 g/mol. The van der Waals surface area contributed by atoms with Crippen molar-refractivity contribution in [1.29, 1.82) is 0 Å². The molecule has 2 amide bonds. The second kappa shape index (κ2) is 5.99. The molecule has 15 heavy (non-hydrogen) atoms. The lowest BCUT2D eigenvalue weighted by atomic mass is 9.87. The predicted octanol–water partition coefficient (Wildman–Crippen LogP) is 2.66. The largest absolute Gasteiger partial charge is 0.336 e. The fourth-order valence-electron chi connectivity index (χ4n) is 1.96. The molecule has 88 valence electrons. The zero-order valence-electron chi connectivity index (χ0n) is 10.2. The molecule has 0 spiro atoms. The molecule has 1 aliphatic rings. The van der Waals surface area contributed by atoms with Crippen molar-refractivity contribution in [3.63, 3.8) is 0 Å². The summed E-state index contributed by atoms with van der Waals surface area (Å²) in [5, 5.41) is 5.99. The summed E-state index contributed by atoms with van der Waals surface area (Å²) in [4.78, 5) is 11.5. The van der Waals surface area contributed by atoms with Gasteiger partial charge in [-0.05, 0) is 44.9 Å². The first-order valence-electron chi connectivity index (χ1n) is 6.18. The average Bonchev–Trinajstić information content (AvgIpc) is 2.21. The number of carbonyl (C=O) groups excluding carboxylic acids is 1. The van der Waals surface area contributed by atoms with Gasteiger partial charge in [-0.3, -0.25) is 0 Å². The summed E-state index contributed by atoms with van der Waals surface area (Å²) >= 11 is 0. The van der Waals surface area contributed by atoms with Crippen molar-refractivity contribution in [2.75, 3.05) is 0 Å². The van der Waals surface area contributed by atoms with E-state index in [1.165, 1.54) is 12.8 Å². The second-order valence-electron chi connectivity index (χ2n) is 4.88. The molecule has 0 saturated heterocycles. The van der Waals surface area contributed by atoms with Gasteiger partial charge in [-0.15, -0.1) is 0 Å². The maximum atomic E-state index is 11.5. The zero-order chi connectivity index (χ0) is 11.3. The minimum absolute atomic E-state index is 0.00361. The Morgan fingerprint density at radius 1 is 1.33 bits per heavy atom. The summed E-state index contributed by atoms with van der Waals surface area (Å²) in [6, 6.07) is 0.668. The molecule has 0 radical (unpaired) electrons. The summed E-state index contributed by atoms with van der Waals surface area (Å²) < 4.78 is 0. The van der Waals surface area contributed by atoms with Crippen LogP contribution in [-0.2, 0) is 0 Å². The van der Waals surface area contributed by atoms with Crippen molar-refractivity contribution < 1.29 is 4.79 Å². The van der Waals surface area contributed by atoms with Crippen LogP contribution in [0.1, 0.15) is 52.9 Å². The Bertz CT molecular complexity index is 198. The minimum Gasteiger partial charge on any atom is -0.336 e. The van der Waals surface area contributed by atoms with Gasteiger partial charge < -0.3 is 10.6 Å². The third-order valence-electron chi connectivity index (χ3n) is 3.34. The van der Waals surface area contributed by atoms with Crippen LogP contribution in [0.2, 0.25) is 0 Å². The van der Waals surface area contributed by atoms with Crippen LogP contribution in [0.4, 0.5) is 4.79 Å². The smallest absolute Gasteiger partial charge is 0.315 e. The minimum atomic E-state index is 0.00361. The topological polar surface area (TPSA) is 41.1 Å². The Morgan fingerprint density at radius 2 is 1.93 bits per heavy atom. The first kappa shape index (κ1) is 12.3. The molecule has 3 nitrogen and oxygen atoms in total.